The number of hydrogen-bond acceptors (Lipinski definition) is 3. The maximum Gasteiger partial charge on any atom is 0.286 e. The fourth-order valence-corrected chi connectivity index (χ4v) is 5.01. The van der Waals surface area contributed by atoms with Crippen LogP contribution in [0, 0.1) is 0 Å². The highest BCUT2D eigenvalue weighted by atomic mass is 32.2. The zero-order chi connectivity index (χ0) is 14.9. The molecule has 0 unspecified atom stereocenters. The lowest BCUT2D eigenvalue weighted by Gasteiger charge is -2.19. The molecule has 0 bridgehead atoms. The van der Waals surface area contributed by atoms with Crippen LogP contribution in [-0.4, -0.2) is 17.4 Å². The lowest BCUT2D eigenvalue weighted by atomic mass is 10.0. The number of pyridine rings is 1. The summed E-state index contributed by atoms with van der Waals surface area (Å²) in [7, 11) is -3.69. The second-order valence-electron chi connectivity index (χ2n) is 5.34. The molecular weight excluding hydrogens is 296 g/mol. The summed E-state index contributed by atoms with van der Waals surface area (Å²) in [4.78, 5) is 4.14. The monoisotopic (exact) mass is 306 g/mol. The van der Waals surface area contributed by atoms with Gasteiger partial charge in [-0.3, -0.25) is 0 Å². The third-order valence-corrected chi connectivity index (χ3v) is 5.87. The van der Waals surface area contributed by atoms with Crippen LogP contribution in [0.1, 0.15) is 0 Å². The van der Waals surface area contributed by atoms with E-state index in [-0.39, 0.29) is 5.03 Å². The second-order valence-corrected chi connectivity index (χ2v) is 7.05. The number of rotatable bonds is 0. The minimum atomic E-state index is -3.69. The van der Waals surface area contributed by atoms with Gasteiger partial charge in [-0.1, -0.05) is 36.4 Å². The van der Waals surface area contributed by atoms with Gasteiger partial charge in [-0.15, -0.1) is 0 Å². The van der Waals surface area contributed by atoms with E-state index in [0.717, 1.165) is 21.9 Å². The van der Waals surface area contributed by atoms with Crippen LogP contribution in [0.25, 0.3) is 32.9 Å². The van der Waals surface area contributed by atoms with Crippen molar-refractivity contribution in [1.82, 2.24) is 8.96 Å². The lowest BCUT2D eigenvalue weighted by molar-refractivity contribution is 0.586. The van der Waals surface area contributed by atoms with Crippen LogP contribution < -0.4 is 0 Å². The van der Waals surface area contributed by atoms with Crippen LogP contribution in [0.5, 0.6) is 0 Å². The summed E-state index contributed by atoms with van der Waals surface area (Å²) in [5.41, 5.74) is 3.01. The van der Waals surface area contributed by atoms with E-state index in [1.807, 2.05) is 48.5 Å². The fourth-order valence-electron chi connectivity index (χ4n) is 3.33. The Balaban J connectivity index is 2.19. The SMILES string of the molecule is O=S1(=O)c2ncccc2-c2cccc3c4ccccc4n1c23. The minimum absolute atomic E-state index is 0.122. The van der Waals surface area contributed by atoms with Gasteiger partial charge in [-0.2, -0.15) is 8.42 Å². The van der Waals surface area contributed by atoms with Gasteiger partial charge in [0.25, 0.3) is 10.0 Å². The summed E-state index contributed by atoms with van der Waals surface area (Å²) in [6, 6.07) is 17.0. The molecule has 1 aliphatic rings. The van der Waals surface area contributed by atoms with Crippen molar-refractivity contribution in [3.8, 4) is 11.1 Å². The number of nitrogens with zero attached hydrogens (tertiary/aromatic N) is 2. The van der Waals surface area contributed by atoms with Gasteiger partial charge in [0, 0.05) is 28.1 Å². The van der Waals surface area contributed by atoms with Crippen molar-refractivity contribution >= 4 is 31.8 Å². The Hall–Kier alpha value is -2.66. The number of fused-ring (bicyclic) bond motifs is 5. The van der Waals surface area contributed by atoms with E-state index in [2.05, 4.69) is 4.98 Å². The van der Waals surface area contributed by atoms with Crippen LogP contribution in [0.3, 0.4) is 0 Å². The van der Waals surface area contributed by atoms with Crippen LogP contribution in [0.15, 0.2) is 65.8 Å². The summed E-state index contributed by atoms with van der Waals surface area (Å²) in [6.45, 7) is 0. The predicted molar refractivity (Wildman–Crippen MR) is 85.3 cm³/mol. The smallest absolute Gasteiger partial charge is 0.242 e. The number of para-hydroxylation sites is 2. The molecule has 5 heteroatoms. The van der Waals surface area contributed by atoms with Gasteiger partial charge >= 0.3 is 0 Å². The molecule has 1 aliphatic heterocycles. The summed E-state index contributed by atoms with van der Waals surface area (Å²) < 4.78 is 27.5. The normalized spacial score (nSPS) is 15.1. The van der Waals surface area contributed by atoms with Crippen LogP contribution in [0.4, 0.5) is 0 Å². The zero-order valence-corrected chi connectivity index (χ0v) is 12.2. The Labute approximate surface area is 126 Å². The molecule has 2 aromatic heterocycles. The molecule has 22 heavy (non-hydrogen) atoms. The molecule has 106 valence electrons. The molecule has 4 aromatic rings. The number of aromatic nitrogens is 2. The van der Waals surface area contributed by atoms with E-state index >= 15 is 0 Å². The molecule has 3 heterocycles. The molecule has 4 nitrogen and oxygen atoms in total. The molecule has 2 aromatic carbocycles. The van der Waals surface area contributed by atoms with Gasteiger partial charge in [-0.05, 0) is 18.2 Å². The largest absolute Gasteiger partial charge is 0.286 e. The fraction of sp³-hybridized carbons (Fsp3) is 0. The maximum atomic E-state index is 13.1. The Kier molecular flexibility index (Phi) is 2.04. The Bertz CT molecular complexity index is 1190. The minimum Gasteiger partial charge on any atom is -0.242 e. The topological polar surface area (TPSA) is 52.0 Å². The lowest BCUT2D eigenvalue weighted by Crippen LogP contribution is -2.19. The predicted octanol–water partition coefficient (Wildman–Crippen LogP) is 3.41. The Morgan fingerprint density at radius 3 is 2.50 bits per heavy atom. The number of hydrogen-bond donors (Lipinski definition) is 0. The van der Waals surface area contributed by atoms with E-state index in [9.17, 15) is 8.42 Å². The summed E-state index contributed by atoms with van der Waals surface area (Å²) in [5.74, 6) is 0. The van der Waals surface area contributed by atoms with Crippen LogP contribution >= 0.6 is 0 Å². The van der Waals surface area contributed by atoms with Crippen molar-refractivity contribution in [3.63, 3.8) is 0 Å². The molecule has 0 radical (unpaired) electrons. The van der Waals surface area contributed by atoms with Crippen molar-refractivity contribution in [2.24, 2.45) is 0 Å². The molecule has 0 spiro atoms. The molecule has 0 amide bonds. The number of benzene rings is 2. The van der Waals surface area contributed by atoms with E-state index in [0.29, 0.717) is 11.1 Å². The van der Waals surface area contributed by atoms with Gasteiger partial charge in [0.15, 0.2) is 5.03 Å². The molecular formula is C17H10N2O2S. The molecule has 0 saturated carbocycles. The van der Waals surface area contributed by atoms with Crippen molar-refractivity contribution in [2.75, 3.05) is 0 Å². The second kappa shape index (κ2) is 3.75. The first-order chi connectivity index (χ1) is 10.7. The quantitative estimate of drug-likeness (QED) is 0.440. The molecule has 0 saturated heterocycles. The highest BCUT2D eigenvalue weighted by Crippen LogP contribution is 2.43. The zero-order valence-electron chi connectivity index (χ0n) is 11.4. The molecule has 0 atom stereocenters. The molecule has 0 aliphatic carbocycles. The van der Waals surface area contributed by atoms with Crippen molar-refractivity contribution in [3.05, 3.63) is 60.8 Å². The first kappa shape index (κ1) is 11.9. The molecule has 0 N–H and O–H groups in total. The van der Waals surface area contributed by atoms with Crippen LogP contribution in [-0.2, 0) is 10.0 Å². The van der Waals surface area contributed by atoms with Gasteiger partial charge in [0.1, 0.15) is 0 Å². The highest BCUT2D eigenvalue weighted by molar-refractivity contribution is 7.90. The first-order valence-electron chi connectivity index (χ1n) is 6.93. The maximum absolute atomic E-state index is 13.1. The Morgan fingerprint density at radius 2 is 1.59 bits per heavy atom. The highest BCUT2D eigenvalue weighted by Gasteiger charge is 2.33. The van der Waals surface area contributed by atoms with Gasteiger partial charge < -0.3 is 0 Å². The van der Waals surface area contributed by atoms with Gasteiger partial charge in [0.05, 0.1) is 11.0 Å². The average molecular weight is 306 g/mol. The van der Waals surface area contributed by atoms with Gasteiger partial charge in [0.2, 0.25) is 0 Å². The van der Waals surface area contributed by atoms with E-state index in [1.165, 1.54) is 10.2 Å². The van der Waals surface area contributed by atoms with Crippen LogP contribution in [0.2, 0.25) is 0 Å². The van der Waals surface area contributed by atoms with E-state index < -0.39 is 10.0 Å². The van der Waals surface area contributed by atoms with Crippen molar-refractivity contribution in [2.45, 2.75) is 5.03 Å². The Morgan fingerprint density at radius 1 is 0.818 bits per heavy atom. The summed E-state index contributed by atoms with van der Waals surface area (Å²) in [6.07, 6.45) is 1.52. The van der Waals surface area contributed by atoms with E-state index in [1.54, 1.807) is 6.07 Å². The average Bonchev–Trinajstić information content (AvgIpc) is 2.89. The molecule has 5 rings (SSSR count). The van der Waals surface area contributed by atoms with Crippen molar-refractivity contribution in [1.29, 1.82) is 0 Å². The molecule has 0 fully saturated rings. The summed E-state index contributed by atoms with van der Waals surface area (Å²) >= 11 is 0. The third-order valence-electron chi connectivity index (χ3n) is 4.20. The van der Waals surface area contributed by atoms with E-state index in [4.69, 9.17) is 0 Å². The third kappa shape index (κ3) is 1.23. The van der Waals surface area contributed by atoms with Gasteiger partial charge in [-0.25, -0.2) is 8.96 Å². The standard InChI is InChI=1S/C17H10N2O2S/c20-22(21)17-14(8-4-10-18-17)13-7-3-6-12-11-5-1-2-9-15(11)19(22)16(12)13/h1-10H. The summed E-state index contributed by atoms with van der Waals surface area (Å²) in [5, 5.41) is 2.01. The van der Waals surface area contributed by atoms with Crippen molar-refractivity contribution < 1.29 is 8.42 Å². The first-order valence-corrected chi connectivity index (χ1v) is 8.37.